The number of carboxylic acid groups (broad SMARTS) is 1. The summed E-state index contributed by atoms with van der Waals surface area (Å²) in [5.41, 5.74) is 2.44. The minimum absolute atomic E-state index is 0.00252. The zero-order valence-corrected chi connectivity index (χ0v) is 14.0. The van der Waals surface area contributed by atoms with E-state index in [2.05, 4.69) is 0 Å². The van der Waals surface area contributed by atoms with Crippen molar-refractivity contribution in [3.8, 4) is 0 Å². The molecule has 2 aliphatic rings. The number of anilines is 1. The lowest BCUT2D eigenvalue weighted by Crippen LogP contribution is -2.38. The van der Waals surface area contributed by atoms with Gasteiger partial charge in [-0.1, -0.05) is 6.92 Å². The first kappa shape index (κ1) is 16.5. The lowest BCUT2D eigenvalue weighted by molar-refractivity contribution is -0.141. The highest BCUT2D eigenvalue weighted by Crippen LogP contribution is 2.32. The van der Waals surface area contributed by atoms with Crippen LogP contribution in [-0.2, 0) is 16.0 Å². The van der Waals surface area contributed by atoms with Crippen LogP contribution in [0, 0.1) is 5.92 Å². The molecular weight excluding hydrogens is 308 g/mol. The first-order valence-corrected chi connectivity index (χ1v) is 8.33. The maximum absolute atomic E-state index is 12.9. The van der Waals surface area contributed by atoms with E-state index in [4.69, 9.17) is 5.11 Å². The molecule has 1 fully saturated rings. The molecular formula is C18H22N2O4. The summed E-state index contributed by atoms with van der Waals surface area (Å²) in [6.45, 7) is 4.04. The van der Waals surface area contributed by atoms with Gasteiger partial charge in [-0.2, -0.15) is 0 Å². The van der Waals surface area contributed by atoms with Gasteiger partial charge in [0, 0.05) is 37.3 Å². The summed E-state index contributed by atoms with van der Waals surface area (Å²) < 4.78 is 0. The highest BCUT2D eigenvalue weighted by molar-refractivity contribution is 5.98. The van der Waals surface area contributed by atoms with Crippen molar-refractivity contribution in [2.24, 2.45) is 5.92 Å². The van der Waals surface area contributed by atoms with Crippen molar-refractivity contribution in [1.29, 1.82) is 0 Å². The van der Waals surface area contributed by atoms with Gasteiger partial charge in [0.25, 0.3) is 5.91 Å². The molecule has 1 atom stereocenters. The van der Waals surface area contributed by atoms with Gasteiger partial charge in [-0.3, -0.25) is 14.4 Å². The number of hydrogen-bond donors (Lipinski definition) is 1. The quantitative estimate of drug-likeness (QED) is 0.895. The third-order valence-electron chi connectivity index (χ3n) is 4.74. The van der Waals surface area contributed by atoms with E-state index >= 15 is 0 Å². The number of fused-ring (bicyclic) bond motifs is 1. The number of carbonyl (C=O) groups excluding carboxylic acids is 2. The number of aliphatic carboxylic acids is 1. The molecule has 2 amide bonds. The Bertz CT molecular complexity index is 696. The first-order valence-electron chi connectivity index (χ1n) is 8.33. The third kappa shape index (κ3) is 3.13. The molecule has 24 heavy (non-hydrogen) atoms. The Morgan fingerprint density at radius 1 is 1.33 bits per heavy atom. The molecule has 1 unspecified atom stereocenters. The van der Waals surface area contributed by atoms with Crippen molar-refractivity contribution in [2.45, 2.75) is 39.2 Å². The molecule has 6 heteroatoms. The van der Waals surface area contributed by atoms with Crippen LogP contribution in [0.25, 0.3) is 0 Å². The van der Waals surface area contributed by atoms with Crippen LogP contribution in [0.3, 0.4) is 0 Å². The van der Waals surface area contributed by atoms with Crippen molar-refractivity contribution >= 4 is 23.5 Å². The maximum Gasteiger partial charge on any atom is 0.308 e. The van der Waals surface area contributed by atoms with E-state index in [1.807, 2.05) is 12.1 Å². The van der Waals surface area contributed by atoms with Crippen molar-refractivity contribution in [3.63, 3.8) is 0 Å². The third-order valence-corrected chi connectivity index (χ3v) is 4.74. The monoisotopic (exact) mass is 330 g/mol. The number of benzene rings is 1. The molecule has 1 aliphatic carbocycles. The lowest BCUT2D eigenvalue weighted by Gasteiger charge is -2.25. The maximum atomic E-state index is 12.9. The SMILES string of the molecule is CC(=O)N1CCc2cc(C(=O)N(CC(C)C(=O)O)C3CC3)ccc21. The minimum Gasteiger partial charge on any atom is -0.481 e. The lowest BCUT2D eigenvalue weighted by atomic mass is 10.1. The Morgan fingerprint density at radius 3 is 2.62 bits per heavy atom. The van der Waals surface area contributed by atoms with Crippen molar-refractivity contribution < 1.29 is 19.5 Å². The van der Waals surface area contributed by atoms with E-state index in [9.17, 15) is 14.4 Å². The molecule has 0 radical (unpaired) electrons. The number of amides is 2. The molecule has 1 heterocycles. The summed E-state index contributed by atoms with van der Waals surface area (Å²) in [7, 11) is 0. The zero-order chi connectivity index (χ0) is 17.4. The van der Waals surface area contributed by atoms with Crippen LogP contribution in [0.5, 0.6) is 0 Å². The highest BCUT2D eigenvalue weighted by atomic mass is 16.4. The van der Waals surface area contributed by atoms with E-state index in [1.165, 1.54) is 6.92 Å². The van der Waals surface area contributed by atoms with E-state index < -0.39 is 11.9 Å². The summed E-state index contributed by atoms with van der Waals surface area (Å²) in [5.74, 6) is -1.59. The van der Waals surface area contributed by atoms with Gasteiger partial charge >= 0.3 is 5.97 Å². The van der Waals surface area contributed by atoms with Gasteiger partial charge in [0.2, 0.25) is 5.91 Å². The van der Waals surface area contributed by atoms with Gasteiger partial charge in [-0.15, -0.1) is 0 Å². The first-order chi connectivity index (χ1) is 11.4. The fourth-order valence-corrected chi connectivity index (χ4v) is 3.18. The van der Waals surface area contributed by atoms with Crippen molar-refractivity contribution in [1.82, 2.24) is 4.90 Å². The standard InChI is InChI=1S/C18H22N2O4/c1-11(18(23)24)10-20(15-4-5-15)17(22)14-3-6-16-13(9-14)7-8-19(16)12(2)21/h3,6,9,11,15H,4-5,7-8,10H2,1-2H3,(H,23,24). The zero-order valence-electron chi connectivity index (χ0n) is 14.0. The largest absolute Gasteiger partial charge is 0.481 e. The minimum atomic E-state index is -0.889. The summed E-state index contributed by atoms with van der Waals surface area (Å²) in [6, 6.07) is 5.56. The van der Waals surface area contributed by atoms with Crippen LogP contribution in [0.1, 0.15) is 42.6 Å². The van der Waals surface area contributed by atoms with Gasteiger partial charge in [-0.25, -0.2) is 0 Å². The van der Waals surface area contributed by atoms with E-state index in [-0.39, 0.29) is 24.4 Å². The van der Waals surface area contributed by atoms with Crippen LogP contribution in [0.4, 0.5) is 5.69 Å². The van der Waals surface area contributed by atoms with Crippen LogP contribution in [0.2, 0.25) is 0 Å². The normalized spacial score (nSPS) is 17.3. The number of rotatable bonds is 5. The molecule has 128 valence electrons. The van der Waals surface area contributed by atoms with Crippen LogP contribution < -0.4 is 4.90 Å². The van der Waals surface area contributed by atoms with Gasteiger partial charge in [0.05, 0.1) is 5.92 Å². The molecule has 6 nitrogen and oxygen atoms in total. The predicted octanol–water partition coefficient (Wildman–Crippen LogP) is 1.92. The Balaban J connectivity index is 1.81. The molecule has 0 saturated heterocycles. The van der Waals surface area contributed by atoms with Crippen molar-refractivity contribution in [3.05, 3.63) is 29.3 Å². The number of hydrogen-bond acceptors (Lipinski definition) is 3. The Hall–Kier alpha value is -2.37. The number of carbonyl (C=O) groups is 3. The Kier molecular flexibility index (Phi) is 4.30. The fraction of sp³-hybridized carbons (Fsp3) is 0.500. The molecule has 1 saturated carbocycles. The summed E-state index contributed by atoms with van der Waals surface area (Å²) >= 11 is 0. The van der Waals surface area contributed by atoms with Crippen LogP contribution >= 0.6 is 0 Å². The second-order valence-electron chi connectivity index (χ2n) is 6.69. The fourth-order valence-electron chi connectivity index (χ4n) is 3.18. The van der Waals surface area contributed by atoms with Crippen LogP contribution in [-0.4, -0.2) is 46.9 Å². The molecule has 0 aromatic heterocycles. The van der Waals surface area contributed by atoms with Gasteiger partial charge < -0.3 is 14.9 Å². The second-order valence-corrected chi connectivity index (χ2v) is 6.69. The van der Waals surface area contributed by atoms with E-state index in [0.717, 1.165) is 30.5 Å². The summed E-state index contributed by atoms with van der Waals surface area (Å²) in [5, 5.41) is 9.12. The van der Waals surface area contributed by atoms with E-state index in [0.29, 0.717) is 12.1 Å². The molecule has 3 rings (SSSR count). The number of nitrogens with zero attached hydrogens (tertiary/aromatic N) is 2. The second kappa shape index (κ2) is 6.26. The molecule has 0 bridgehead atoms. The summed E-state index contributed by atoms with van der Waals surface area (Å²) in [4.78, 5) is 39.0. The molecule has 1 aromatic rings. The average Bonchev–Trinajstić information content (AvgIpc) is 3.29. The average molecular weight is 330 g/mol. The highest BCUT2D eigenvalue weighted by Gasteiger charge is 2.35. The van der Waals surface area contributed by atoms with Gasteiger partial charge in [-0.05, 0) is 43.0 Å². The van der Waals surface area contributed by atoms with Crippen molar-refractivity contribution in [2.75, 3.05) is 18.0 Å². The molecule has 1 aromatic carbocycles. The molecule has 1 N–H and O–H groups in total. The molecule has 0 spiro atoms. The topological polar surface area (TPSA) is 77.9 Å². The van der Waals surface area contributed by atoms with Crippen LogP contribution in [0.15, 0.2) is 18.2 Å². The Morgan fingerprint density at radius 2 is 2.04 bits per heavy atom. The van der Waals surface area contributed by atoms with Gasteiger partial charge in [0.1, 0.15) is 0 Å². The predicted molar refractivity (Wildman–Crippen MR) is 89.0 cm³/mol. The van der Waals surface area contributed by atoms with E-state index in [1.54, 1.807) is 22.8 Å². The Labute approximate surface area is 141 Å². The number of carboxylic acids is 1. The summed E-state index contributed by atoms with van der Waals surface area (Å²) in [6.07, 6.45) is 2.60. The van der Waals surface area contributed by atoms with Gasteiger partial charge in [0.15, 0.2) is 0 Å². The smallest absolute Gasteiger partial charge is 0.308 e. The molecule has 1 aliphatic heterocycles.